The number of nitrogens with one attached hydrogen (secondary N) is 1. The van der Waals surface area contributed by atoms with Crippen LogP contribution in [0, 0.1) is 0 Å². The summed E-state index contributed by atoms with van der Waals surface area (Å²) in [5.74, 6) is 2.04. The molecule has 0 atom stereocenters. The van der Waals surface area contributed by atoms with Gasteiger partial charge in [0.15, 0.2) is 16.6 Å². The second kappa shape index (κ2) is 9.48. The normalized spacial score (nSPS) is 14.8. The molecule has 0 aliphatic carbocycles. The van der Waals surface area contributed by atoms with Crippen molar-refractivity contribution >= 4 is 17.3 Å². The summed E-state index contributed by atoms with van der Waals surface area (Å²) >= 11 is 5.41. The summed E-state index contributed by atoms with van der Waals surface area (Å²) in [6, 6.07) is 3.95. The van der Waals surface area contributed by atoms with E-state index in [2.05, 4.69) is 21.7 Å². The predicted molar refractivity (Wildman–Crippen MR) is 104 cm³/mol. The van der Waals surface area contributed by atoms with Gasteiger partial charge in [0.2, 0.25) is 5.75 Å². The van der Waals surface area contributed by atoms with Gasteiger partial charge >= 0.3 is 0 Å². The van der Waals surface area contributed by atoms with Crippen LogP contribution in [0.4, 0.5) is 0 Å². The van der Waals surface area contributed by atoms with E-state index in [1.54, 1.807) is 21.3 Å². The number of nitrogens with zero attached hydrogens (tertiary/aromatic N) is 2. The highest BCUT2D eigenvalue weighted by atomic mass is 32.1. The Morgan fingerprint density at radius 1 is 1.12 bits per heavy atom. The molecule has 7 heteroatoms. The van der Waals surface area contributed by atoms with E-state index in [1.807, 2.05) is 18.2 Å². The van der Waals surface area contributed by atoms with Crippen LogP contribution < -0.4 is 19.5 Å². The quantitative estimate of drug-likeness (QED) is 0.585. The summed E-state index contributed by atoms with van der Waals surface area (Å²) in [6.07, 6.45) is 1.81. The van der Waals surface area contributed by atoms with E-state index in [-0.39, 0.29) is 0 Å². The molecule has 0 radical (unpaired) electrons. The first-order valence-corrected chi connectivity index (χ1v) is 8.69. The van der Waals surface area contributed by atoms with Gasteiger partial charge in [-0.15, -0.1) is 6.58 Å². The molecule has 1 heterocycles. The first-order chi connectivity index (χ1) is 12.1. The highest BCUT2D eigenvalue weighted by Gasteiger charge is 2.22. The second-order valence-corrected chi connectivity index (χ2v) is 6.12. The van der Waals surface area contributed by atoms with E-state index in [0.717, 1.165) is 49.1 Å². The van der Waals surface area contributed by atoms with E-state index >= 15 is 0 Å². The molecule has 0 saturated carbocycles. The minimum absolute atomic E-state index is 0.635. The molecule has 0 aromatic heterocycles. The van der Waals surface area contributed by atoms with Crippen LogP contribution in [0.25, 0.3) is 0 Å². The molecule has 0 spiro atoms. The number of hydrogen-bond acceptors (Lipinski definition) is 5. The molecule has 1 N–H and O–H groups in total. The van der Waals surface area contributed by atoms with Gasteiger partial charge in [0, 0.05) is 44.8 Å². The molecule has 1 aliphatic rings. The Bertz CT molecular complexity index is 601. The standard InChI is InChI=1S/C18H27N3O3S/c1-5-8-19-18(25)21-11-9-20(10-12-21)13-14-6-7-15(22-2)17(24-4)16(14)23-3/h5-7H,1,8-13H2,2-4H3,(H,19,25). The predicted octanol–water partition coefficient (Wildman–Crippen LogP) is 1.89. The SMILES string of the molecule is C=CCNC(=S)N1CCN(Cc2ccc(OC)c(OC)c2OC)CC1. The van der Waals surface area contributed by atoms with Crippen molar-refractivity contribution < 1.29 is 14.2 Å². The smallest absolute Gasteiger partial charge is 0.203 e. The molecule has 138 valence electrons. The van der Waals surface area contributed by atoms with E-state index in [0.29, 0.717) is 18.0 Å². The van der Waals surface area contributed by atoms with Gasteiger partial charge in [0.05, 0.1) is 21.3 Å². The first kappa shape index (κ1) is 19.3. The van der Waals surface area contributed by atoms with Crippen molar-refractivity contribution in [1.82, 2.24) is 15.1 Å². The average molecular weight is 365 g/mol. The molecule has 1 saturated heterocycles. The fourth-order valence-electron chi connectivity index (χ4n) is 2.91. The molecule has 0 unspecified atom stereocenters. The van der Waals surface area contributed by atoms with Crippen molar-refractivity contribution in [3.05, 3.63) is 30.4 Å². The molecular formula is C18H27N3O3S. The zero-order valence-corrected chi connectivity index (χ0v) is 16.0. The van der Waals surface area contributed by atoms with Gasteiger partial charge in [0.25, 0.3) is 0 Å². The lowest BCUT2D eigenvalue weighted by Crippen LogP contribution is -2.51. The van der Waals surface area contributed by atoms with Crippen LogP contribution in [-0.2, 0) is 6.54 Å². The van der Waals surface area contributed by atoms with Crippen LogP contribution in [0.15, 0.2) is 24.8 Å². The number of benzene rings is 1. The van der Waals surface area contributed by atoms with Crippen molar-refractivity contribution in [2.24, 2.45) is 0 Å². The molecule has 25 heavy (non-hydrogen) atoms. The number of thiocarbonyl (C=S) groups is 1. The van der Waals surface area contributed by atoms with Gasteiger partial charge in [-0.1, -0.05) is 12.1 Å². The van der Waals surface area contributed by atoms with E-state index in [9.17, 15) is 0 Å². The first-order valence-electron chi connectivity index (χ1n) is 8.28. The van der Waals surface area contributed by atoms with Crippen LogP contribution >= 0.6 is 12.2 Å². The number of hydrogen-bond donors (Lipinski definition) is 1. The molecule has 6 nitrogen and oxygen atoms in total. The number of rotatable bonds is 7. The van der Waals surface area contributed by atoms with Crippen LogP contribution in [0.3, 0.4) is 0 Å². The number of ether oxygens (including phenoxy) is 3. The molecule has 0 bridgehead atoms. The van der Waals surface area contributed by atoms with Gasteiger partial charge < -0.3 is 24.4 Å². The number of piperazine rings is 1. The molecule has 1 aliphatic heterocycles. The Morgan fingerprint density at radius 2 is 1.80 bits per heavy atom. The fraction of sp³-hybridized carbons (Fsp3) is 0.500. The Balaban J connectivity index is 2.00. The molecule has 0 amide bonds. The van der Waals surface area contributed by atoms with E-state index in [4.69, 9.17) is 26.4 Å². The maximum atomic E-state index is 5.57. The van der Waals surface area contributed by atoms with Gasteiger partial charge in [-0.2, -0.15) is 0 Å². The van der Waals surface area contributed by atoms with Crippen LogP contribution in [0.1, 0.15) is 5.56 Å². The molecule has 2 rings (SSSR count). The highest BCUT2D eigenvalue weighted by Crippen LogP contribution is 2.40. The molecule has 1 fully saturated rings. The topological polar surface area (TPSA) is 46.2 Å². The monoisotopic (exact) mass is 365 g/mol. The number of methoxy groups -OCH3 is 3. The Labute approximate surface area is 155 Å². The molecule has 1 aromatic carbocycles. The lowest BCUT2D eigenvalue weighted by Gasteiger charge is -2.36. The summed E-state index contributed by atoms with van der Waals surface area (Å²) < 4.78 is 16.4. The van der Waals surface area contributed by atoms with E-state index in [1.165, 1.54) is 0 Å². The summed E-state index contributed by atoms with van der Waals surface area (Å²) in [5, 5.41) is 3.98. The lowest BCUT2D eigenvalue weighted by atomic mass is 10.1. The summed E-state index contributed by atoms with van der Waals surface area (Å²) in [4.78, 5) is 4.58. The second-order valence-electron chi connectivity index (χ2n) is 5.73. The van der Waals surface area contributed by atoms with Crippen molar-refractivity contribution in [2.75, 3.05) is 54.1 Å². The lowest BCUT2D eigenvalue weighted by molar-refractivity contribution is 0.172. The maximum Gasteiger partial charge on any atom is 0.203 e. The summed E-state index contributed by atoms with van der Waals surface area (Å²) in [7, 11) is 4.90. The third kappa shape index (κ3) is 4.76. The van der Waals surface area contributed by atoms with Crippen LogP contribution in [-0.4, -0.2) is 69.0 Å². The Hall–Kier alpha value is -1.99. The molecule has 1 aromatic rings. The van der Waals surface area contributed by atoms with Gasteiger partial charge in [-0.3, -0.25) is 4.90 Å². The van der Waals surface area contributed by atoms with Crippen molar-refractivity contribution in [3.8, 4) is 17.2 Å². The zero-order valence-electron chi connectivity index (χ0n) is 15.2. The van der Waals surface area contributed by atoms with Gasteiger partial charge in [-0.25, -0.2) is 0 Å². The average Bonchev–Trinajstić information content (AvgIpc) is 2.66. The van der Waals surface area contributed by atoms with Crippen molar-refractivity contribution in [2.45, 2.75) is 6.54 Å². The van der Waals surface area contributed by atoms with Crippen molar-refractivity contribution in [3.63, 3.8) is 0 Å². The zero-order chi connectivity index (χ0) is 18.2. The Morgan fingerprint density at radius 3 is 2.36 bits per heavy atom. The maximum absolute atomic E-state index is 5.57. The largest absolute Gasteiger partial charge is 0.493 e. The van der Waals surface area contributed by atoms with E-state index < -0.39 is 0 Å². The van der Waals surface area contributed by atoms with Crippen LogP contribution in [0.2, 0.25) is 0 Å². The van der Waals surface area contributed by atoms with Crippen molar-refractivity contribution in [1.29, 1.82) is 0 Å². The summed E-state index contributed by atoms with van der Waals surface area (Å²) in [5.41, 5.74) is 1.08. The Kier molecular flexibility index (Phi) is 7.33. The molecular weight excluding hydrogens is 338 g/mol. The van der Waals surface area contributed by atoms with Gasteiger partial charge in [-0.05, 0) is 18.3 Å². The highest BCUT2D eigenvalue weighted by molar-refractivity contribution is 7.80. The van der Waals surface area contributed by atoms with Gasteiger partial charge in [0.1, 0.15) is 0 Å². The minimum atomic E-state index is 0.635. The van der Waals surface area contributed by atoms with Crippen LogP contribution in [0.5, 0.6) is 17.2 Å². The third-order valence-electron chi connectivity index (χ3n) is 4.24. The summed E-state index contributed by atoms with van der Waals surface area (Å²) in [6.45, 7) is 8.87. The fourth-order valence-corrected chi connectivity index (χ4v) is 3.17. The minimum Gasteiger partial charge on any atom is -0.493 e. The third-order valence-corrected chi connectivity index (χ3v) is 4.64.